The lowest BCUT2D eigenvalue weighted by molar-refractivity contribution is -0.120. The fourth-order valence-electron chi connectivity index (χ4n) is 2.30. The van der Waals surface area contributed by atoms with Crippen molar-refractivity contribution in [3.8, 4) is 5.75 Å². The Morgan fingerprint density at radius 1 is 1.39 bits per heavy atom. The van der Waals surface area contributed by atoms with Gasteiger partial charge in [-0.1, -0.05) is 0 Å². The fourth-order valence-corrected chi connectivity index (χ4v) is 2.30. The lowest BCUT2D eigenvalue weighted by Crippen LogP contribution is -2.36. The summed E-state index contributed by atoms with van der Waals surface area (Å²) in [5.41, 5.74) is -0.291. The van der Waals surface area contributed by atoms with Gasteiger partial charge < -0.3 is 14.6 Å². The number of H-pyrrole nitrogens is 1. The van der Waals surface area contributed by atoms with Gasteiger partial charge in [-0.3, -0.25) is 9.59 Å². The first kappa shape index (κ1) is 12.6. The van der Waals surface area contributed by atoms with Crippen molar-refractivity contribution >= 4 is 11.6 Å². The molecule has 0 aromatic carbocycles. The second-order valence-electron chi connectivity index (χ2n) is 4.47. The number of anilines is 1. The molecule has 0 radical (unpaired) electrons. The summed E-state index contributed by atoms with van der Waals surface area (Å²) in [6.45, 7) is 0. The molecule has 1 saturated carbocycles. The van der Waals surface area contributed by atoms with Crippen LogP contribution in [-0.4, -0.2) is 36.0 Å². The van der Waals surface area contributed by atoms with E-state index in [0.717, 1.165) is 12.8 Å². The van der Waals surface area contributed by atoms with Crippen LogP contribution in [-0.2, 0) is 4.79 Å². The Labute approximate surface area is 105 Å². The molecule has 1 N–H and O–H groups in total. The second-order valence-corrected chi connectivity index (χ2v) is 4.47. The van der Waals surface area contributed by atoms with Crippen molar-refractivity contribution < 1.29 is 9.53 Å². The summed E-state index contributed by atoms with van der Waals surface area (Å²) in [5.74, 6) is 1.06. The Morgan fingerprint density at radius 3 is 2.67 bits per heavy atom. The molecule has 0 atom stereocenters. The average molecular weight is 251 g/mol. The van der Waals surface area contributed by atoms with E-state index < -0.39 is 0 Å². The van der Waals surface area contributed by atoms with Crippen LogP contribution in [0.5, 0.6) is 5.75 Å². The van der Waals surface area contributed by atoms with E-state index in [1.165, 1.54) is 13.4 Å². The van der Waals surface area contributed by atoms with E-state index in [9.17, 15) is 9.59 Å². The highest BCUT2D eigenvalue weighted by atomic mass is 16.5. The van der Waals surface area contributed by atoms with Crippen molar-refractivity contribution in [2.45, 2.75) is 31.7 Å². The molecule has 6 heteroatoms. The second kappa shape index (κ2) is 5.20. The fraction of sp³-hybridized carbons (Fsp3) is 0.583. The number of methoxy groups -OCH3 is 1. The molecule has 1 aliphatic rings. The van der Waals surface area contributed by atoms with Gasteiger partial charge in [0.05, 0.1) is 13.4 Å². The number of ether oxygens (including phenoxy) is 1. The number of rotatable bonds is 3. The van der Waals surface area contributed by atoms with Crippen LogP contribution in [0.1, 0.15) is 25.7 Å². The summed E-state index contributed by atoms with van der Waals surface area (Å²) in [4.78, 5) is 31.4. The summed E-state index contributed by atoms with van der Waals surface area (Å²) in [5, 5.41) is 0. The largest absolute Gasteiger partial charge is 0.489 e. The Morgan fingerprint density at radius 2 is 2.06 bits per heavy atom. The lowest BCUT2D eigenvalue weighted by atomic mass is 9.93. The number of nitrogens with zero attached hydrogens (tertiary/aromatic N) is 2. The number of aromatic amines is 1. The highest BCUT2D eigenvalue weighted by Gasteiger charge is 2.25. The predicted octanol–water partition coefficient (Wildman–Crippen LogP) is 0.726. The summed E-state index contributed by atoms with van der Waals surface area (Å²) in [7, 11) is 3.33. The van der Waals surface area contributed by atoms with Gasteiger partial charge in [0.15, 0.2) is 5.82 Å². The van der Waals surface area contributed by atoms with E-state index in [4.69, 9.17) is 4.74 Å². The molecule has 0 bridgehead atoms. The van der Waals surface area contributed by atoms with Crippen LogP contribution >= 0.6 is 0 Å². The van der Waals surface area contributed by atoms with Crippen LogP contribution < -0.4 is 15.2 Å². The van der Waals surface area contributed by atoms with Crippen molar-refractivity contribution in [1.82, 2.24) is 9.97 Å². The molecular formula is C12H17N3O3. The molecular weight excluding hydrogens is 234 g/mol. The van der Waals surface area contributed by atoms with E-state index in [1.807, 2.05) is 11.9 Å². The van der Waals surface area contributed by atoms with Crippen molar-refractivity contribution in [3.05, 3.63) is 16.7 Å². The first-order chi connectivity index (χ1) is 8.63. The Balaban J connectivity index is 2.23. The molecule has 18 heavy (non-hydrogen) atoms. The first-order valence-corrected chi connectivity index (χ1v) is 5.99. The van der Waals surface area contributed by atoms with Crippen molar-refractivity contribution in [1.29, 1.82) is 0 Å². The number of hydrogen-bond donors (Lipinski definition) is 1. The molecule has 1 heterocycles. The maximum absolute atomic E-state index is 11.6. The SMILES string of the molecule is COc1c(N(C)C2CCC(=O)CC2)nc[nH]c1=O. The van der Waals surface area contributed by atoms with Crippen LogP contribution in [0.25, 0.3) is 0 Å². The Hall–Kier alpha value is -1.85. The quantitative estimate of drug-likeness (QED) is 0.857. The van der Waals surface area contributed by atoms with Crippen LogP contribution in [0, 0.1) is 0 Å². The molecule has 2 rings (SSSR count). The predicted molar refractivity (Wildman–Crippen MR) is 67.1 cm³/mol. The minimum absolute atomic E-state index is 0.219. The van der Waals surface area contributed by atoms with Gasteiger partial charge in [0.1, 0.15) is 5.78 Å². The maximum atomic E-state index is 11.6. The molecule has 0 unspecified atom stereocenters. The van der Waals surface area contributed by atoms with Crippen molar-refractivity contribution in [2.24, 2.45) is 0 Å². The number of carbonyl (C=O) groups is 1. The average Bonchev–Trinajstić information content (AvgIpc) is 2.38. The zero-order chi connectivity index (χ0) is 13.1. The van der Waals surface area contributed by atoms with Crippen LogP contribution in [0.4, 0.5) is 5.82 Å². The monoisotopic (exact) mass is 251 g/mol. The standard InChI is InChI=1S/C12H17N3O3/c1-15(8-3-5-9(16)6-4-8)11-10(18-2)12(17)14-7-13-11/h7-8H,3-6H2,1-2H3,(H,13,14,17). The maximum Gasteiger partial charge on any atom is 0.295 e. The van der Waals surface area contributed by atoms with Gasteiger partial charge in [-0.2, -0.15) is 0 Å². The molecule has 0 aliphatic heterocycles. The minimum atomic E-state index is -0.291. The third-order valence-corrected chi connectivity index (χ3v) is 3.39. The molecule has 1 aliphatic carbocycles. The summed E-state index contributed by atoms with van der Waals surface area (Å²) in [6, 6.07) is 0.228. The molecule has 0 saturated heterocycles. The zero-order valence-electron chi connectivity index (χ0n) is 10.6. The van der Waals surface area contributed by atoms with Crippen molar-refractivity contribution in [3.63, 3.8) is 0 Å². The third kappa shape index (κ3) is 2.37. The van der Waals surface area contributed by atoms with Crippen LogP contribution in [0.2, 0.25) is 0 Å². The van der Waals surface area contributed by atoms with E-state index in [0.29, 0.717) is 24.4 Å². The number of hydrogen-bond acceptors (Lipinski definition) is 5. The van der Waals surface area contributed by atoms with Gasteiger partial charge in [0.2, 0.25) is 5.75 Å². The molecule has 6 nitrogen and oxygen atoms in total. The lowest BCUT2D eigenvalue weighted by Gasteiger charge is -2.31. The summed E-state index contributed by atoms with van der Waals surface area (Å²) in [6.07, 6.45) is 4.16. The van der Waals surface area contributed by atoms with Crippen LogP contribution in [0.3, 0.4) is 0 Å². The number of ketones is 1. The van der Waals surface area contributed by atoms with E-state index in [-0.39, 0.29) is 17.4 Å². The minimum Gasteiger partial charge on any atom is -0.489 e. The number of nitrogens with one attached hydrogen (secondary N) is 1. The number of carbonyl (C=O) groups excluding carboxylic acids is 1. The number of Topliss-reactive ketones (excluding diaryl/α,β-unsaturated/α-hetero) is 1. The highest BCUT2D eigenvalue weighted by Crippen LogP contribution is 2.27. The van der Waals surface area contributed by atoms with Gasteiger partial charge in [0.25, 0.3) is 5.56 Å². The molecule has 1 fully saturated rings. The normalized spacial score (nSPS) is 16.7. The molecule has 1 aromatic heterocycles. The van der Waals surface area contributed by atoms with Crippen molar-refractivity contribution in [2.75, 3.05) is 19.1 Å². The Kier molecular flexibility index (Phi) is 3.64. The number of aromatic nitrogens is 2. The molecule has 0 spiro atoms. The Bertz CT molecular complexity index is 488. The summed E-state index contributed by atoms with van der Waals surface area (Å²) < 4.78 is 5.09. The molecule has 98 valence electrons. The topological polar surface area (TPSA) is 75.3 Å². The summed E-state index contributed by atoms with van der Waals surface area (Å²) >= 11 is 0. The molecule has 0 amide bonds. The van der Waals surface area contributed by atoms with E-state index in [1.54, 1.807) is 0 Å². The third-order valence-electron chi connectivity index (χ3n) is 3.39. The molecule has 1 aromatic rings. The van der Waals surface area contributed by atoms with Gasteiger partial charge in [-0.05, 0) is 12.8 Å². The van der Waals surface area contributed by atoms with Crippen LogP contribution in [0.15, 0.2) is 11.1 Å². The van der Waals surface area contributed by atoms with Gasteiger partial charge in [0, 0.05) is 25.9 Å². The van der Waals surface area contributed by atoms with Gasteiger partial charge in [-0.15, -0.1) is 0 Å². The highest BCUT2D eigenvalue weighted by molar-refractivity contribution is 5.79. The van der Waals surface area contributed by atoms with E-state index >= 15 is 0 Å². The smallest absolute Gasteiger partial charge is 0.295 e. The first-order valence-electron chi connectivity index (χ1n) is 5.99. The van der Waals surface area contributed by atoms with Gasteiger partial charge >= 0.3 is 0 Å². The zero-order valence-corrected chi connectivity index (χ0v) is 10.6. The van der Waals surface area contributed by atoms with Gasteiger partial charge in [-0.25, -0.2) is 4.98 Å². The van der Waals surface area contributed by atoms with E-state index in [2.05, 4.69) is 9.97 Å².